The highest BCUT2D eigenvalue weighted by atomic mass is 16.3. The van der Waals surface area contributed by atoms with Gasteiger partial charge in [-0.2, -0.15) is 0 Å². The van der Waals surface area contributed by atoms with E-state index in [1.54, 1.807) is 26.4 Å². The van der Waals surface area contributed by atoms with E-state index in [0.717, 1.165) is 22.9 Å². The third kappa shape index (κ3) is 3.42. The fourth-order valence-corrected chi connectivity index (χ4v) is 2.24. The summed E-state index contributed by atoms with van der Waals surface area (Å²) >= 11 is 0. The number of furan rings is 1. The zero-order valence-electron chi connectivity index (χ0n) is 13.1. The number of pyridine rings is 1. The Bertz CT molecular complexity index is 629. The van der Waals surface area contributed by atoms with Gasteiger partial charge in [0.1, 0.15) is 17.3 Å². The normalized spacial score (nSPS) is 12.0. The molecule has 0 aromatic carbocycles. The molecule has 5 heteroatoms. The molecule has 0 aliphatic heterocycles. The molecule has 0 fully saturated rings. The van der Waals surface area contributed by atoms with Gasteiger partial charge in [0.05, 0.1) is 11.6 Å². The van der Waals surface area contributed by atoms with Crippen LogP contribution in [-0.4, -0.2) is 29.9 Å². The summed E-state index contributed by atoms with van der Waals surface area (Å²) in [7, 11) is 3.45. The van der Waals surface area contributed by atoms with E-state index in [2.05, 4.69) is 17.2 Å². The molecule has 0 aliphatic rings. The van der Waals surface area contributed by atoms with Crippen molar-refractivity contribution in [2.75, 3.05) is 19.4 Å². The SMILES string of the molecule is Cc1cc(C(C)Nc2ccc(C(=O)N(C)C)cn2)c(C)o1. The molecule has 0 aliphatic carbocycles. The molecule has 0 radical (unpaired) electrons. The number of carbonyl (C=O) groups excluding carboxylic acids is 1. The zero-order chi connectivity index (χ0) is 15.6. The second-order valence-electron chi connectivity index (χ2n) is 5.37. The maximum Gasteiger partial charge on any atom is 0.254 e. The van der Waals surface area contributed by atoms with Crippen LogP contribution in [0.15, 0.2) is 28.8 Å². The number of nitrogens with zero attached hydrogens (tertiary/aromatic N) is 2. The van der Waals surface area contributed by atoms with Crippen molar-refractivity contribution in [1.29, 1.82) is 0 Å². The minimum absolute atomic E-state index is 0.0524. The van der Waals surface area contributed by atoms with Gasteiger partial charge in [-0.25, -0.2) is 4.98 Å². The number of aryl methyl sites for hydroxylation is 2. The van der Waals surface area contributed by atoms with Gasteiger partial charge in [0.2, 0.25) is 0 Å². The van der Waals surface area contributed by atoms with Crippen LogP contribution in [0.4, 0.5) is 5.82 Å². The lowest BCUT2D eigenvalue weighted by molar-refractivity contribution is 0.0827. The Labute approximate surface area is 125 Å². The molecule has 1 amide bonds. The lowest BCUT2D eigenvalue weighted by Gasteiger charge is -2.14. The topological polar surface area (TPSA) is 58.4 Å². The van der Waals surface area contributed by atoms with Crippen molar-refractivity contribution in [2.24, 2.45) is 0 Å². The number of anilines is 1. The summed E-state index contributed by atoms with van der Waals surface area (Å²) in [5, 5.41) is 3.31. The first-order valence-corrected chi connectivity index (χ1v) is 6.89. The summed E-state index contributed by atoms with van der Waals surface area (Å²) in [5.74, 6) is 2.49. The van der Waals surface area contributed by atoms with Gasteiger partial charge in [0.25, 0.3) is 5.91 Å². The van der Waals surface area contributed by atoms with Gasteiger partial charge >= 0.3 is 0 Å². The molecular weight excluding hydrogens is 266 g/mol. The highest BCUT2D eigenvalue weighted by Crippen LogP contribution is 2.24. The second kappa shape index (κ2) is 5.99. The van der Waals surface area contributed by atoms with Gasteiger partial charge in [-0.05, 0) is 39.0 Å². The van der Waals surface area contributed by atoms with Crippen molar-refractivity contribution in [3.63, 3.8) is 0 Å². The van der Waals surface area contributed by atoms with Crippen molar-refractivity contribution < 1.29 is 9.21 Å². The monoisotopic (exact) mass is 287 g/mol. The van der Waals surface area contributed by atoms with Gasteiger partial charge in [-0.1, -0.05) is 0 Å². The van der Waals surface area contributed by atoms with E-state index in [4.69, 9.17) is 4.42 Å². The van der Waals surface area contributed by atoms with Gasteiger partial charge in [-0.3, -0.25) is 4.79 Å². The van der Waals surface area contributed by atoms with Gasteiger partial charge in [0, 0.05) is 25.9 Å². The van der Waals surface area contributed by atoms with Crippen LogP contribution < -0.4 is 5.32 Å². The smallest absolute Gasteiger partial charge is 0.254 e. The molecule has 0 saturated heterocycles. The lowest BCUT2D eigenvalue weighted by atomic mass is 10.1. The van der Waals surface area contributed by atoms with Gasteiger partial charge in [0.15, 0.2) is 0 Å². The molecule has 2 aromatic rings. The molecule has 0 bridgehead atoms. The molecule has 1 N–H and O–H groups in total. The Morgan fingerprint density at radius 1 is 1.33 bits per heavy atom. The Morgan fingerprint density at radius 3 is 2.52 bits per heavy atom. The summed E-state index contributed by atoms with van der Waals surface area (Å²) < 4.78 is 5.54. The van der Waals surface area contributed by atoms with Crippen LogP contribution in [0.2, 0.25) is 0 Å². The van der Waals surface area contributed by atoms with Gasteiger partial charge in [-0.15, -0.1) is 0 Å². The molecule has 1 unspecified atom stereocenters. The number of rotatable bonds is 4. The first-order chi connectivity index (χ1) is 9.88. The predicted molar refractivity (Wildman–Crippen MR) is 82.5 cm³/mol. The van der Waals surface area contributed by atoms with E-state index < -0.39 is 0 Å². The highest BCUT2D eigenvalue weighted by molar-refractivity contribution is 5.93. The highest BCUT2D eigenvalue weighted by Gasteiger charge is 2.13. The third-order valence-corrected chi connectivity index (χ3v) is 3.33. The van der Waals surface area contributed by atoms with E-state index in [9.17, 15) is 4.79 Å². The fraction of sp³-hybridized carbons (Fsp3) is 0.375. The maximum atomic E-state index is 11.8. The van der Waals surface area contributed by atoms with Crippen molar-refractivity contribution >= 4 is 11.7 Å². The first kappa shape index (κ1) is 15.1. The first-order valence-electron chi connectivity index (χ1n) is 6.89. The van der Waals surface area contributed by atoms with E-state index >= 15 is 0 Å². The van der Waals surface area contributed by atoms with Crippen LogP contribution >= 0.6 is 0 Å². The fourth-order valence-electron chi connectivity index (χ4n) is 2.24. The van der Waals surface area contributed by atoms with E-state index in [-0.39, 0.29) is 11.9 Å². The zero-order valence-corrected chi connectivity index (χ0v) is 13.1. The van der Waals surface area contributed by atoms with Gasteiger partial charge < -0.3 is 14.6 Å². The number of nitrogens with one attached hydrogen (secondary N) is 1. The summed E-state index contributed by atoms with van der Waals surface area (Å²) in [6, 6.07) is 5.70. The van der Waals surface area contributed by atoms with E-state index in [0.29, 0.717) is 5.56 Å². The molecule has 112 valence electrons. The van der Waals surface area contributed by atoms with E-state index in [1.165, 1.54) is 4.90 Å². The minimum atomic E-state index is -0.0524. The van der Waals surface area contributed by atoms with Crippen LogP contribution in [0.3, 0.4) is 0 Å². The average molecular weight is 287 g/mol. The van der Waals surface area contributed by atoms with Crippen LogP contribution in [0.1, 0.15) is 40.4 Å². The van der Waals surface area contributed by atoms with Crippen LogP contribution in [0.5, 0.6) is 0 Å². The number of aromatic nitrogens is 1. The number of hydrogen-bond acceptors (Lipinski definition) is 4. The predicted octanol–water partition coefficient (Wildman–Crippen LogP) is 3.17. The Hall–Kier alpha value is -2.30. The van der Waals surface area contributed by atoms with E-state index in [1.807, 2.05) is 26.0 Å². The van der Waals surface area contributed by atoms with Crippen molar-refractivity contribution in [3.8, 4) is 0 Å². The Morgan fingerprint density at radius 2 is 2.05 bits per heavy atom. The molecule has 21 heavy (non-hydrogen) atoms. The minimum Gasteiger partial charge on any atom is -0.466 e. The molecule has 2 aromatic heterocycles. The standard InChI is InChI=1S/C16H21N3O2/c1-10-8-14(12(3)21-10)11(2)18-15-7-6-13(9-17-15)16(20)19(4)5/h6-9,11H,1-5H3,(H,17,18). The maximum absolute atomic E-state index is 11.8. The summed E-state index contributed by atoms with van der Waals surface area (Å²) in [5.41, 5.74) is 1.69. The summed E-state index contributed by atoms with van der Waals surface area (Å²) in [6.45, 7) is 5.94. The largest absolute Gasteiger partial charge is 0.466 e. The van der Waals surface area contributed by atoms with Crippen molar-refractivity contribution in [3.05, 3.63) is 47.0 Å². The Kier molecular flexibility index (Phi) is 4.31. The quantitative estimate of drug-likeness (QED) is 0.938. The second-order valence-corrected chi connectivity index (χ2v) is 5.37. The van der Waals surface area contributed by atoms with Crippen molar-refractivity contribution in [2.45, 2.75) is 26.8 Å². The molecular formula is C16H21N3O2. The number of amides is 1. The third-order valence-electron chi connectivity index (χ3n) is 3.33. The van der Waals surface area contributed by atoms with Crippen LogP contribution in [0, 0.1) is 13.8 Å². The average Bonchev–Trinajstić information content (AvgIpc) is 2.77. The molecule has 2 heterocycles. The van der Waals surface area contributed by atoms with Crippen LogP contribution in [-0.2, 0) is 0 Å². The number of carbonyl (C=O) groups is 1. The molecule has 1 atom stereocenters. The molecule has 0 saturated carbocycles. The molecule has 0 spiro atoms. The van der Waals surface area contributed by atoms with Crippen LogP contribution in [0.25, 0.3) is 0 Å². The summed E-state index contributed by atoms with van der Waals surface area (Å²) in [6.07, 6.45) is 1.59. The molecule has 5 nitrogen and oxygen atoms in total. The number of hydrogen-bond donors (Lipinski definition) is 1. The molecule has 2 rings (SSSR count). The Balaban J connectivity index is 2.10. The summed E-state index contributed by atoms with van der Waals surface area (Å²) in [4.78, 5) is 17.6. The van der Waals surface area contributed by atoms with Crippen molar-refractivity contribution in [1.82, 2.24) is 9.88 Å². The lowest BCUT2D eigenvalue weighted by Crippen LogP contribution is -2.21.